The topological polar surface area (TPSA) is 237 Å². The Bertz CT molecular complexity index is 2200. The Morgan fingerprint density at radius 1 is 0.246 bits per heavy atom. The highest BCUT2D eigenvalue weighted by Crippen LogP contribution is 2.45. The summed E-state index contributed by atoms with van der Waals surface area (Å²) in [7, 11) is -9.94. The van der Waals surface area contributed by atoms with Crippen molar-refractivity contribution in [1.29, 1.82) is 0 Å². The van der Waals surface area contributed by atoms with Crippen LogP contribution in [0, 0.1) is 23.7 Å². The number of ether oxygens (including phenoxy) is 4. The molecule has 0 aromatic rings. The summed E-state index contributed by atoms with van der Waals surface area (Å²) in [5, 5.41) is 10.7. The molecule has 0 aliphatic heterocycles. The normalized spacial score (nSPS) is 14.5. The van der Waals surface area contributed by atoms with Gasteiger partial charge in [0, 0.05) is 25.7 Å². The SMILES string of the molecule is CCC(C)CCCCCCCCCCCCCCCCCCCCC(=O)OC[C@H](COP(=O)(O)OC[C@@H](O)COP(=O)(O)OC[C@@H](COC(=O)CCCCCCCCCCCC(C)C)OC(=O)CCCCCCCCCCCCCCCCC(C)CC)OC(=O)CCCCCCCCCCCCCCCCCCCCC(C)CC. The number of aliphatic hydroxyl groups is 1. The quantitative estimate of drug-likeness (QED) is 0.0222. The van der Waals surface area contributed by atoms with Crippen molar-refractivity contribution in [1.82, 2.24) is 0 Å². The van der Waals surface area contributed by atoms with Gasteiger partial charge in [-0.2, -0.15) is 0 Å². The molecule has 17 nitrogen and oxygen atoms in total. The highest BCUT2D eigenvalue weighted by Gasteiger charge is 2.31. The van der Waals surface area contributed by atoms with Gasteiger partial charge in [-0.1, -0.05) is 453 Å². The molecular weight excluding hydrogens is 1470 g/mol. The summed E-state index contributed by atoms with van der Waals surface area (Å²) in [6.07, 6.45) is 76.3. The summed E-state index contributed by atoms with van der Waals surface area (Å²) in [6, 6.07) is 0. The van der Waals surface area contributed by atoms with Crippen molar-refractivity contribution >= 4 is 39.5 Å². The molecule has 114 heavy (non-hydrogen) atoms. The minimum Gasteiger partial charge on any atom is -0.462 e. The van der Waals surface area contributed by atoms with E-state index < -0.39 is 97.5 Å². The van der Waals surface area contributed by atoms with E-state index in [2.05, 4.69) is 55.4 Å². The zero-order chi connectivity index (χ0) is 83.7. The predicted molar refractivity (Wildman–Crippen MR) is 474 cm³/mol. The molecule has 5 unspecified atom stereocenters. The van der Waals surface area contributed by atoms with E-state index in [1.807, 2.05) is 0 Å². The van der Waals surface area contributed by atoms with Gasteiger partial charge in [0.15, 0.2) is 12.2 Å². The van der Waals surface area contributed by atoms with Crippen LogP contribution in [0.5, 0.6) is 0 Å². The second kappa shape index (κ2) is 83.3. The summed E-state index contributed by atoms with van der Waals surface area (Å²) in [6.45, 7) is 14.5. The number of hydrogen-bond acceptors (Lipinski definition) is 15. The molecular formula is C95H186O17P2. The molecule has 0 saturated carbocycles. The van der Waals surface area contributed by atoms with E-state index >= 15 is 0 Å². The summed E-state index contributed by atoms with van der Waals surface area (Å²) in [5.41, 5.74) is 0. The average molecular weight is 1660 g/mol. The number of carbonyl (C=O) groups is 4. The van der Waals surface area contributed by atoms with Gasteiger partial charge < -0.3 is 33.8 Å². The van der Waals surface area contributed by atoms with E-state index in [0.717, 1.165) is 114 Å². The van der Waals surface area contributed by atoms with Crippen LogP contribution in [0.15, 0.2) is 0 Å². The summed E-state index contributed by atoms with van der Waals surface area (Å²) in [4.78, 5) is 73.6. The maximum absolute atomic E-state index is 13.2. The number of esters is 4. The lowest BCUT2D eigenvalue weighted by molar-refractivity contribution is -0.161. The van der Waals surface area contributed by atoms with Gasteiger partial charge in [-0.3, -0.25) is 37.3 Å². The number of aliphatic hydroxyl groups excluding tert-OH is 1. The molecule has 0 fully saturated rings. The molecule has 0 saturated heterocycles. The number of phosphoric ester groups is 2. The van der Waals surface area contributed by atoms with E-state index in [-0.39, 0.29) is 25.7 Å². The standard InChI is InChI=1S/C95H186O17P2/c1-9-86(6)72-64-56-48-40-32-26-20-16-12-14-18-22-29-35-43-51-59-67-75-92(97)105-81-90(111-94(99)77-69-61-53-44-36-30-23-19-15-13-17-21-27-33-41-49-57-65-73-87(7)10-2)83-109-113(101,102)107-79-89(96)80-108-114(103,104)110-84-91(82-106-93(98)76-68-60-52-46-38-39-47-55-63-71-85(4)5)112-95(100)78-70-62-54-45-37-31-25-24-28-34-42-50-58-66-74-88(8)11-3/h85-91,96H,9-84H2,1-8H3,(H,101,102)(H,103,104)/t86?,87?,88?,89-,90-,91-/m1/s1. The smallest absolute Gasteiger partial charge is 0.462 e. The molecule has 0 bridgehead atoms. The molecule has 0 aliphatic carbocycles. The molecule has 8 atom stereocenters. The Morgan fingerprint density at radius 3 is 0.623 bits per heavy atom. The molecule has 0 radical (unpaired) electrons. The first kappa shape index (κ1) is 112. The first-order valence-electron chi connectivity index (χ1n) is 48.8. The van der Waals surface area contributed by atoms with Crippen LogP contribution in [-0.2, 0) is 65.4 Å². The minimum absolute atomic E-state index is 0.107. The monoisotopic (exact) mass is 1660 g/mol. The van der Waals surface area contributed by atoms with Gasteiger partial charge in [-0.05, 0) is 49.4 Å². The van der Waals surface area contributed by atoms with Crippen LogP contribution in [0.4, 0.5) is 0 Å². The Labute approximate surface area is 702 Å². The van der Waals surface area contributed by atoms with Gasteiger partial charge in [0.1, 0.15) is 19.3 Å². The Hall–Kier alpha value is -1.94. The molecule has 0 aliphatic rings. The number of carbonyl (C=O) groups excluding carboxylic acids is 4. The Kier molecular flexibility index (Phi) is 81.9. The highest BCUT2D eigenvalue weighted by atomic mass is 31.2. The second-order valence-electron chi connectivity index (χ2n) is 35.3. The number of unbranched alkanes of at least 4 members (excludes halogenated alkanes) is 55. The van der Waals surface area contributed by atoms with Crippen molar-refractivity contribution in [3.05, 3.63) is 0 Å². The Morgan fingerprint density at radius 2 is 0.421 bits per heavy atom. The number of phosphoric acid groups is 2. The highest BCUT2D eigenvalue weighted by molar-refractivity contribution is 7.47. The van der Waals surface area contributed by atoms with Gasteiger partial charge in [-0.15, -0.1) is 0 Å². The zero-order valence-corrected chi connectivity index (χ0v) is 77.5. The number of rotatable bonds is 92. The first-order valence-corrected chi connectivity index (χ1v) is 51.8. The van der Waals surface area contributed by atoms with E-state index in [1.54, 1.807) is 0 Å². The third-order valence-corrected chi connectivity index (χ3v) is 25.3. The molecule has 0 heterocycles. The third kappa shape index (κ3) is 83.7. The van der Waals surface area contributed by atoms with E-state index in [4.69, 9.17) is 37.0 Å². The third-order valence-electron chi connectivity index (χ3n) is 23.4. The maximum atomic E-state index is 13.2. The van der Waals surface area contributed by atoms with E-state index in [0.29, 0.717) is 25.7 Å². The molecule has 3 N–H and O–H groups in total. The van der Waals surface area contributed by atoms with Crippen LogP contribution in [0.3, 0.4) is 0 Å². The first-order chi connectivity index (χ1) is 55.2. The largest absolute Gasteiger partial charge is 0.472 e. The second-order valence-corrected chi connectivity index (χ2v) is 38.2. The molecule has 0 spiro atoms. The van der Waals surface area contributed by atoms with Gasteiger partial charge >= 0.3 is 39.5 Å². The van der Waals surface area contributed by atoms with Crippen LogP contribution in [-0.4, -0.2) is 96.7 Å². The lowest BCUT2D eigenvalue weighted by Crippen LogP contribution is -2.30. The van der Waals surface area contributed by atoms with Crippen LogP contribution in [0.1, 0.15) is 505 Å². The van der Waals surface area contributed by atoms with Gasteiger partial charge in [0.2, 0.25) is 0 Å². The molecule has 0 rings (SSSR count). The summed E-state index contributed by atoms with van der Waals surface area (Å²) in [5.74, 6) is 1.24. The predicted octanol–water partition coefficient (Wildman–Crippen LogP) is 29.5. The summed E-state index contributed by atoms with van der Waals surface area (Å²) >= 11 is 0. The average Bonchev–Trinajstić information content (AvgIpc) is 0.895. The number of hydrogen-bond donors (Lipinski definition) is 3. The lowest BCUT2D eigenvalue weighted by Gasteiger charge is -2.21. The van der Waals surface area contributed by atoms with Crippen molar-refractivity contribution in [3.63, 3.8) is 0 Å². The molecule has 0 aromatic heterocycles. The molecule has 0 amide bonds. The fourth-order valence-electron chi connectivity index (χ4n) is 14.8. The van der Waals surface area contributed by atoms with Crippen LogP contribution < -0.4 is 0 Å². The van der Waals surface area contributed by atoms with Crippen molar-refractivity contribution in [2.75, 3.05) is 39.6 Å². The van der Waals surface area contributed by atoms with Crippen molar-refractivity contribution < 1.29 is 80.2 Å². The minimum atomic E-state index is -4.97. The van der Waals surface area contributed by atoms with Crippen molar-refractivity contribution in [3.8, 4) is 0 Å². The lowest BCUT2D eigenvalue weighted by atomic mass is 9.99. The fraction of sp³-hybridized carbons (Fsp3) is 0.958. The van der Waals surface area contributed by atoms with Crippen LogP contribution in [0.25, 0.3) is 0 Å². The van der Waals surface area contributed by atoms with Crippen molar-refractivity contribution in [2.45, 2.75) is 523 Å². The zero-order valence-electron chi connectivity index (χ0n) is 75.7. The Balaban J connectivity index is 5.25. The van der Waals surface area contributed by atoms with E-state index in [9.17, 15) is 43.2 Å². The maximum Gasteiger partial charge on any atom is 0.472 e. The van der Waals surface area contributed by atoms with Gasteiger partial charge in [0.25, 0.3) is 0 Å². The van der Waals surface area contributed by atoms with Gasteiger partial charge in [0.05, 0.1) is 26.4 Å². The molecule has 678 valence electrons. The van der Waals surface area contributed by atoms with Crippen LogP contribution in [0.2, 0.25) is 0 Å². The molecule has 19 heteroatoms. The van der Waals surface area contributed by atoms with E-state index in [1.165, 1.54) is 308 Å². The van der Waals surface area contributed by atoms with Crippen LogP contribution >= 0.6 is 15.6 Å². The fourth-order valence-corrected chi connectivity index (χ4v) is 16.4. The van der Waals surface area contributed by atoms with Crippen molar-refractivity contribution in [2.24, 2.45) is 23.7 Å². The molecule has 0 aromatic carbocycles. The van der Waals surface area contributed by atoms with Gasteiger partial charge in [-0.25, -0.2) is 9.13 Å². The summed E-state index contributed by atoms with van der Waals surface area (Å²) < 4.78 is 69.2.